The van der Waals surface area contributed by atoms with Crippen molar-refractivity contribution in [1.82, 2.24) is 10.3 Å². The molecular weight excluding hydrogens is 492 g/mol. The molecule has 2 heterocycles. The molecule has 1 aliphatic heterocycles. The average molecular weight is 527 g/mol. The van der Waals surface area contributed by atoms with Crippen LogP contribution in [0.5, 0.6) is 0 Å². The van der Waals surface area contributed by atoms with Crippen molar-refractivity contribution in [1.29, 1.82) is 0 Å². The maximum atomic E-state index is 13.0. The number of esters is 1. The molecule has 0 spiro atoms. The van der Waals surface area contributed by atoms with E-state index in [1.807, 2.05) is 25.3 Å². The first-order chi connectivity index (χ1) is 18.6. The van der Waals surface area contributed by atoms with Crippen LogP contribution in [0.4, 0.5) is 0 Å². The van der Waals surface area contributed by atoms with E-state index in [9.17, 15) is 14.4 Å². The number of nitrogens with one attached hydrogen (secondary N) is 1. The molecule has 0 radical (unpaired) electrons. The number of nitrogens with zero attached hydrogens (tertiary/aromatic N) is 1. The molecule has 3 aliphatic carbocycles. The third-order valence-corrected chi connectivity index (χ3v) is 9.13. The van der Waals surface area contributed by atoms with Crippen molar-refractivity contribution in [2.75, 3.05) is 6.54 Å². The summed E-state index contributed by atoms with van der Waals surface area (Å²) in [5.74, 6) is 0.275. The van der Waals surface area contributed by atoms with E-state index in [0.717, 1.165) is 21.9 Å². The van der Waals surface area contributed by atoms with Crippen LogP contribution in [0.25, 0.3) is 10.8 Å². The first kappa shape index (κ1) is 25.5. The molecule has 0 saturated heterocycles. The Bertz CT molecular complexity index is 1490. The number of fused-ring (bicyclic) bond motifs is 4. The number of Topliss-reactive ketones (excluding diaryl/α,β-unsaturated/α-hetero) is 1. The summed E-state index contributed by atoms with van der Waals surface area (Å²) in [4.78, 5) is 41.2. The molecule has 7 heteroatoms. The molecule has 2 unspecified atom stereocenters. The van der Waals surface area contributed by atoms with E-state index in [1.54, 1.807) is 6.20 Å². The highest BCUT2D eigenvalue weighted by Gasteiger charge is 2.63. The van der Waals surface area contributed by atoms with Gasteiger partial charge in [-0.1, -0.05) is 31.2 Å². The van der Waals surface area contributed by atoms with Crippen molar-refractivity contribution >= 4 is 28.4 Å². The molecule has 202 valence electrons. The highest BCUT2D eigenvalue weighted by atomic mass is 16.6. The number of rotatable bonds is 4. The second-order valence-electron chi connectivity index (χ2n) is 12.0. The predicted molar refractivity (Wildman–Crippen MR) is 146 cm³/mol. The molecule has 1 aromatic heterocycles. The quantitative estimate of drug-likeness (QED) is 0.568. The first-order valence-corrected chi connectivity index (χ1v) is 13.7. The minimum atomic E-state index is -0.755. The summed E-state index contributed by atoms with van der Waals surface area (Å²) in [5.41, 5.74) is 1.61. The van der Waals surface area contributed by atoms with Crippen LogP contribution in [0.15, 0.2) is 71.8 Å². The summed E-state index contributed by atoms with van der Waals surface area (Å²) in [6.45, 7) is 7.67. The second kappa shape index (κ2) is 9.18. The van der Waals surface area contributed by atoms with Gasteiger partial charge in [0.15, 0.2) is 5.78 Å². The minimum Gasteiger partial charge on any atom is -0.489 e. The molecule has 1 amide bonds. The summed E-state index contributed by atoms with van der Waals surface area (Å²) < 4.78 is 12.8. The number of allylic oxidation sites excluding steroid dienone is 4. The van der Waals surface area contributed by atoms with Crippen LogP contribution in [0.1, 0.15) is 58.4 Å². The smallest absolute Gasteiger partial charge is 0.303 e. The van der Waals surface area contributed by atoms with Gasteiger partial charge < -0.3 is 14.8 Å². The van der Waals surface area contributed by atoms with Gasteiger partial charge in [0.05, 0.1) is 5.57 Å². The second-order valence-corrected chi connectivity index (χ2v) is 12.0. The Morgan fingerprint density at radius 3 is 2.74 bits per heavy atom. The van der Waals surface area contributed by atoms with Gasteiger partial charge in [-0.25, -0.2) is 0 Å². The lowest BCUT2D eigenvalue weighted by Crippen LogP contribution is -2.42. The zero-order chi connectivity index (χ0) is 27.5. The van der Waals surface area contributed by atoms with E-state index in [1.165, 1.54) is 13.8 Å². The highest BCUT2D eigenvalue weighted by Crippen LogP contribution is 2.64. The Hall–Kier alpha value is -3.74. The lowest BCUT2D eigenvalue weighted by atomic mass is 9.63. The van der Waals surface area contributed by atoms with Gasteiger partial charge >= 0.3 is 5.97 Å². The monoisotopic (exact) mass is 526 g/mol. The van der Waals surface area contributed by atoms with Crippen molar-refractivity contribution in [3.63, 3.8) is 0 Å². The van der Waals surface area contributed by atoms with Gasteiger partial charge in [-0.2, -0.15) is 0 Å². The molecule has 1 saturated carbocycles. The van der Waals surface area contributed by atoms with E-state index in [2.05, 4.69) is 47.6 Å². The van der Waals surface area contributed by atoms with Crippen LogP contribution in [0, 0.1) is 17.3 Å². The van der Waals surface area contributed by atoms with E-state index in [0.29, 0.717) is 37.1 Å². The SMILES string of the molecule is CC(=O)NCC1CC(=O)C2=C(C1)O[C@@H]1C(=C2)C=C[C@@]2(C)[C@H]1CC(C)(OC(C)=O)[C@@H]2c1ccc2ccncc2c1. The molecule has 1 N–H and O–H groups in total. The minimum absolute atomic E-state index is 0.00876. The van der Waals surface area contributed by atoms with Crippen molar-refractivity contribution in [2.24, 2.45) is 17.3 Å². The van der Waals surface area contributed by atoms with Gasteiger partial charge in [-0.15, -0.1) is 0 Å². The van der Waals surface area contributed by atoms with Crippen molar-refractivity contribution in [3.8, 4) is 0 Å². The lowest BCUT2D eigenvalue weighted by Gasteiger charge is -2.45. The Balaban J connectivity index is 1.38. The molecule has 6 atom stereocenters. The number of benzene rings is 1. The van der Waals surface area contributed by atoms with Crippen molar-refractivity contribution in [3.05, 3.63) is 77.4 Å². The summed E-state index contributed by atoms with van der Waals surface area (Å²) in [7, 11) is 0. The maximum absolute atomic E-state index is 13.0. The van der Waals surface area contributed by atoms with Crippen molar-refractivity contribution in [2.45, 2.75) is 64.6 Å². The molecule has 6 rings (SSSR count). The Kier molecular flexibility index (Phi) is 6.01. The van der Waals surface area contributed by atoms with Crippen LogP contribution in [-0.2, 0) is 23.9 Å². The fourth-order valence-corrected chi connectivity index (χ4v) is 7.60. The molecule has 2 aromatic rings. The predicted octanol–water partition coefficient (Wildman–Crippen LogP) is 4.93. The number of amides is 1. The van der Waals surface area contributed by atoms with Crippen LogP contribution >= 0.6 is 0 Å². The molecule has 1 aromatic carbocycles. The number of ketones is 1. The summed E-state index contributed by atoms with van der Waals surface area (Å²) in [6, 6.07) is 8.39. The standard InChI is InChI=1S/C32H34N2O5/c1-18(35)34-16-20-11-27(37)25-14-22-7-9-31(3)26(29(22)38-28(25)12-20)15-32(4,39-19(2)36)30(31)23-6-5-21-8-10-33-17-24(21)13-23/h5-10,13-14,17,20,26,29-30H,11-12,15-16H2,1-4H3,(H,34,35)/t20?,26-,29+,30+,31-,32?/m0/s1. The van der Waals surface area contributed by atoms with Gasteiger partial charge in [0, 0.05) is 68.3 Å². The number of carbonyl (C=O) groups excluding carboxylic acids is 3. The zero-order valence-electron chi connectivity index (χ0n) is 22.8. The first-order valence-electron chi connectivity index (χ1n) is 13.7. The molecule has 7 nitrogen and oxygen atoms in total. The highest BCUT2D eigenvalue weighted by molar-refractivity contribution is 6.00. The zero-order valence-corrected chi connectivity index (χ0v) is 22.8. The average Bonchev–Trinajstić information content (AvgIpc) is 3.12. The number of pyridine rings is 1. The van der Waals surface area contributed by atoms with Crippen LogP contribution < -0.4 is 5.32 Å². The Labute approximate surface area is 228 Å². The van der Waals surface area contributed by atoms with Gasteiger partial charge in [-0.3, -0.25) is 19.4 Å². The van der Waals surface area contributed by atoms with Gasteiger partial charge in [-0.05, 0) is 54.0 Å². The largest absolute Gasteiger partial charge is 0.489 e. The molecule has 4 aliphatic rings. The molecule has 39 heavy (non-hydrogen) atoms. The molecular formula is C32H34N2O5. The van der Waals surface area contributed by atoms with Crippen LogP contribution in [-0.4, -0.2) is 40.9 Å². The summed E-state index contributed by atoms with van der Waals surface area (Å²) in [5, 5.41) is 5.00. The van der Waals surface area contributed by atoms with Crippen molar-refractivity contribution < 1.29 is 23.9 Å². The number of ether oxygens (including phenoxy) is 2. The topological polar surface area (TPSA) is 94.6 Å². The third kappa shape index (κ3) is 4.28. The number of hydrogen-bond donors (Lipinski definition) is 1. The third-order valence-electron chi connectivity index (χ3n) is 9.13. The fraction of sp³-hybridized carbons (Fsp3) is 0.438. The lowest BCUT2D eigenvalue weighted by molar-refractivity contribution is -0.157. The maximum Gasteiger partial charge on any atom is 0.303 e. The normalized spacial score (nSPS) is 33.0. The van der Waals surface area contributed by atoms with E-state index >= 15 is 0 Å². The van der Waals surface area contributed by atoms with Crippen LogP contribution in [0.3, 0.4) is 0 Å². The van der Waals surface area contributed by atoms with E-state index < -0.39 is 5.60 Å². The van der Waals surface area contributed by atoms with Crippen LogP contribution in [0.2, 0.25) is 0 Å². The van der Waals surface area contributed by atoms with E-state index in [-0.39, 0.29) is 46.9 Å². The fourth-order valence-electron chi connectivity index (χ4n) is 7.60. The number of aromatic nitrogens is 1. The Morgan fingerprint density at radius 1 is 1.15 bits per heavy atom. The number of hydrogen-bond acceptors (Lipinski definition) is 6. The molecule has 1 fully saturated rings. The summed E-state index contributed by atoms with van der Waals surface area (Å²) in [6.07, 6.45) is 11.3. The van der Waals surface area contributed by atoms with Gasteiger partial charge in [0.25, 0.3) is 0 Å². The number of carbonyl (C=O) groups is 3. The van der Waals surface area contributed by atoms with E-state index in [4.69, 9.17) is 9.47 Å². The Morgan fingerprint density at radius 2 is 1.97 bits per heavy atom. The molecule has 0 bridgehead atoms. The summed E-state index contributed by atoms with van der Waals surface area (Å²) >= 11 is 0. The van der Waals surface area contributed by atoms with Gasteiger partial charge in [0.2, 0.25) is 5.91 Å². The van der Waals surface area contributed by atoms with Gasteiger partial charge in [0.1, 0.15) is 17.5 Å².